The van der Waals surface area contributed by atoms with E-state index in [1.165, 1.54) is 5.56 Å². The summed E-state index contributed by atoms with van der Waals surface area (Å²) in [6, 6.07) is 26.3. The number of rotatable bonds is 4. The first-order valence-corrected chi connectivity index (χ1v) is 8.06. The number of hydrogen-bond acceptors (Lipinski definition) is 3. The second-order valence-electron chi connectivity index (χ2n) is 5.91. The summed E-state index contributed by atoms with van der Waals surface area (Å²) in [5.74, 6) is 0. The lowest BCUT2D eigenvalue weighted by atomic mass is 9.93. The maximum Gasteiger partial charge on any atom is 0.167 e. The standard InChI is InChI=1S/C21H18N2O.ClH/c22-19(14-15-8-2-1-3-9-15)16-10-4-5-11-17(16)21-18-12-6-7-13-20(18)24-23-21;/h1-13,19H,14,22H2;1H. The van der Waals surface area contributed by atoms with Crippen molar-refractivity contribution in [2.24, 2.45) is 5.73 Å². The number of hydrogen-bond donors (Lipinski definition) is 1. The van der Waals surface area contributed by atoms with Crippen molar-refractivity contribution in [1.29, 1.82) is 0 Å². The summed E-state index contributed by atoms with van der Waals surface area (Å²) < 4.78 is 5.47. The third-order valence-electron chi connectivity index (χ3n) is 4.29. The topological polar surface area (TPSA) is 52.0 Å². The summed E-state index contributed by atoms with van der Waals surface area (Å²) in [6.07, 6.45) is 0.785. The molecule has 4 heteroatoms. The summed E-state index contributed by atoms with van der Waals surface area (Å²) in [5, 5.41) is 5.30. The molecule has 4 aromatic rings. The molecule has 25 heavy (non-hydrogen) atoms. The van der Waals surface area contributed by atoms with Gasteiger partial charge in [-0.05, 0) is 29.7 Å². The zero-order chi connectivity index (χ0) is 16.4. The Kier molecular flexibility index (Phi) is 5.17. The van der Waals surface area contributed by atoms with E-state index in [1.807, 2.05) is 54.6 Å². The molecule has 4 rings (SSSR count). The first-order valence-electron chi connectivity index (χ1n) is 8.06. The molecule has 0 fully saturated rings. The van der Waals surface area contributed by atoms with Crippen molar-refractivity contribution in [1.82, 2.24) is 5.16 Å². The Balaban J connectivity index is 0.00000182. The van der Waals surface area contributed by atoms with Crippen LogP contribution >= 0.6 is 12.4 Å². The molecule has 0 aliphatic rings. The molecule has 0 saturated heterocycles. The average molecular weight is 351 g/mol. The van der Waals surface area contributed by atoms with E-state index in [1.54, 1.807) is 0 Å². The fourth-order valence-electron chi connectivity index (χ4n) is 3.09. The predicted molar refractivity (Wildman–Crippen MR) is 104 cm³/mol. The molecule has 1 atom stereocenters. The SMILES string of the molecule is Cl.NC(Cc1ccccc1)c1ccccc1-c1noc2ccccc12. The van der Waals surface area contributed by atoms with Crippen LogP contribution in [0.2, 0.25) is 0 Å². The van der Waals surface area contributed by atoms with Crippen molar-refractivity contribution in [3.05, 3.63) is 90.0 Å². The lowest BCUT2D eigenvalue weighted by molar-refractivity contribution is 0.459. The van der Waals surface area contributed by atoms with Gasteiger partial charge >= 0.3 is 0 Å². The first kappa shape index (κ1) is 17.2. The normalized spacial score (nSPS) is 11.9. The van der Waals surface area contributed by atoms with E-state index in [4.69, 9.17) is 10.3 Å². The number of nitrogens with zero attached hydrogens (tertiary/aromatic N) is 1. The van der Waals surface area contributed by atoms with Crippen LogP contribution in [0.25, 0.3) is 22.2 Å². The van der Waals surface area contributed by atoms with E-state index in [9.17, 15) is 0 Å². The van der Waals surface area contributed by atoms with Gasteiger partial charge in [-0.3, -0.25) is 0 Å². The maximum absolute atomic E-state index is 6.52. The number of para-hydroxylation sites is 1. The van der Waals surface area contributed by atoms with E-state index in [2.05, 4.69) is 29.4 Å². The molecular weight excluding hydrogens is 332 g/mol. The van der Waals surface area contributed by atoms with E-state index >= 15 is 0 Å². The van der Waals surface area contributed by atoms with Crippen LogP contribution in [-0.4, -0.2) is 5.16 Å². The summed E-state index contributed by atoms with van der Waals surface area (Å²) in [7, 11) is 0. The first-order chi connectivity index (χ1) is 11.8. The van der Waals surface area contributed by atoms with Gasteiger partial charge in [-0.25, -0.2) is 0 Å². The third kappa shape index (κ3) is 3.43. The highest BCUT2D eigenvalue weighted by atomic mass is 35.5. The zero-order valence-corrected chi connectivity index (χ0v) is 14.4. The highest BCUT2D eigenvalue weighted by Crippen LogP contribution is 2.33. The highest BCUT2D eigenvalue weighted by molar-refractivity contribution is 5.92. The van der Waals surface area contributed by atoms with Crippen LogP contribution in [0.4, 0.5) is 0 Å². The smallest absolute Gasteiger partial charge is 0.167 e. The van der Waals surface area contributed by atoms with Crippen LogP contribution in [0.15, 0.2) is 83.4 Å². The van der Waals surface area contributed by atoms with Gasteiger partial charge in [0.1, 0.15) is 5.69 Å². The van der Waals surface area contributed by atoms with Crippen molar-refractivity contribution < 1.29 is 4.52 Å². The minimum atomic E-state index is -0.0981. The molecular formula is C21H19ClN2O. The number of aromatic nitrogens is 1. The van der Waals surface area contributed by atoms with Gasteiger partial charge in [0.2, 0.25) is 0 Å². The summed E-state index contributed by atoms with van der Waals surface area (Å²) >= 11 is 0. The molecule has 1 heterocycles. The summed E-state index contributed by atoms with van der Waals surface area (Å²) in [5.41, 5.74) is 11.5. The number of nitrogens with two attached hydrogens (primary N) is 1. The Bertz CT molecular complexity index is 966. The Labute approximate surface area is 152 Å². The molecule has 0 aliphatic carbocycles. The van der Waals surface area contributed by atoms with Crippen molar-refractivity contribution in [3.8, 4) is 11.3 Å². The molecule has 3 nitrogen and oxygen atoms in total. The van der Waals surface area contributed by atoms with Gasteiger partial charge in [0.05, 0.1) is 0 Å². The Morgan fingerprint density at radius 1 is 0.840 bits per heavy atom. The second kappa shape index (κ2) is 7.51. The monoisotopic (exact) mass is 350 g/mol. The molecule has 3 aromatic carbocycles. The number of halogens is 1. The highest BCUT2D eigenvalue weighted by Gasteiger charge is 2.17. The van der Waals surface area contributed by atoms with Crippen LogP contribution in [-0.2, 0) is 6.42 Å². The largest absolute Gasteiger partial charge is 0.356 e. The van der Waals surface area contributed by atoms with Gasteiger partial charge in [-0.1, -0.05) is 71.9 Å². The minimum Gasteiger partial charge on any atom is -0.356 e. The van der Waals surface area contributed by atoms with Gasteiger partial charge < -0.3 is 10.3 Å². The molecule has 1 unspecified atom stereocenters. The Morgan fingerprint density at radius 2 is 1.52 bits per heavy atom. The number of fused-ring (bicyclic) bond motifs is 1. The van der Waals surface area contributed by atoms with Gasteiger partial charge in [-0.15, -0.1) is 12.4 Å². The van der Waals surface area contributed by atoms with Crippen LogP contribution in [0.5, 0.6) is 0 Å². The van der Waals surface area contributed by atoms with Gasteiger partial charge in [0.15, 0.2) is 5.58 Å². The van der Waals surface area contributed by atoms with Crippen molar-refractivity contribution in [2.75, 3.05) is 0 Å². The fourth-order valence-corrected chi connectivity index (χ4v) is 3.09. The maximum atomic E-state index is 6.52. The fraction of sp³-hybridized carbons (Fsp3) is 0.0952. The number of benzene rings is 3. The molecule has 1 aromatic heterocycles. The van der Waals surface area contributed by atoms with Crippen molar-refractivity contribution in [2.45, 2.75) is 12.5 Å². The minimum absolute atomic E-state index is 0. The van der Waals surface area contributed by atoms with Crippen LogP contribution in [0.3, 0.4) is 0 Å². The predicted octanol–water partition coefficient (Wildman–Crippen LogP) is 5.16. The van der Waals surface area contributed by atoms with Crippen LogP contribution in [0, 0.1) is 0 Å². The molecule has 0 amide bonds. The average Bonchev–Trinajstić information content (AvgIpc) is 3.06. The van der Waals surface area contributed by atoms with Crippen LogP contribution in [0.1, 0.15) is 17.2 Å². The van der Waals surface area contributed by atoms with E-state index in [0.29, 0.717) is 0 Å². The van der Waals surface area contributed by atoms with Crippen molar-refractivity contribution >= 4 is 23.4 Å². The molecule has 0 saturated carbocycles. The Hall–Kier alpha value is -2.62. The lowest BCUT2D eigenvalue weighted by Gasteiger charge is -2.15. The van der Waals surface area contributed by atoms with Gasteiger partial charge in [0, 0.05) is 17.0 Å². The quantitative estimate of drug-likeness (QED) is 0.553. The van der Waals surface area contributed by atoms with E-state index in [-0.39, 0.29) is 18.4 Å². The van der Waals surface area contributed by atoms with Crippen LogP contribution < -0.4 is 5.73 Å². The van der Waals surface area contributed by atoms with E-state index in [0.717, 1.165) is 34.2 Å². The van der Waals surface area contributed by atoms with Crippen molar-refractivity contribution in [3.63, 3.8) is 0 Å². The Morgan fingerprint density at radius 3 is 2.36 bits per heavy atom. The lowest BCUT2D eigenvalue weighted by Crippen LogP contribution is -2.14. The zero-order valence-electron chi connectivity index (χ0n) is 13.6. The third-order valence-corrected chi connectivity index (χ3v) is 4.29. The summed E-state index contributed by atoms with van der Waals surface area (Å²) in [6.45, 7) is 0. The van der Waals surface area contributed by atoms with E-state index < -0.39 is 0 Å². The molecule has 0 radical (unpaired) electrons. The molecule has 126 valence electrons. The summed E-state index contributed by atoms with van der Waals surface area (Å²) in [4.78, 5) is 0. The van der Waals surface area contributed by atoms with Gasteiger partial charge in [-0.2, -0.15) is 0 Å². The molecule has 0 aliphatic heterocycles. The molecule has 2 N–H and O–H groups in total. The second-order valence-corrected chi connectivity index (χ2v) is 5.91. The van der Waals surface area contributed by atoms with Gasteiger partial charge in [0.25, 0.3) is 0 Å². The molecule has 0 bridgehead atoms. The molecule has 0 spiro atoms.